The van der Waals surface area contributed by atoms with Crippen LogP contribution in [0.2, 0.25) is 0 Å². The largest absolute Gasteiger partial charge is 0.480 e. The Morgan fingerprint density at radius 3 is 2.50 bits per heavy atom. The summed E-state index contributed by atoms with van der Waals surface area (Å²) in [5.41, 5.74) is 0. The molecule has 1 aliphatic carbocycles. The monoisotopic (exact) mass is 278 g/mol. The molecule has 0 saturated heterocycles. The van der Waals surface area contributed by atoms with Gasteiger partial charge in [-0.05, 0) is 24.8 Å². The van der Waals surface area contributed by atoms with Crippen LogP contribution in [-0.4, -0.2) is 58.5 Å². The highest BCUT2D eigenvalue weighted by atomic mass is 16.4. The van der Waals surface area contributed by atoms with E-state index in [9.17, 15) is 9.59 Å². The number of hydrogen-bond donors (Lipinski definition) is 1. The van der Waals surface area contributed by atoms with E-state index in [1.54, 1.807) is 30.4 Å². The fourth-order valence-electron chi connectivity index (χ4n) is 1.89. The Hall–Kier alpha value is -2.18. The van der Waals surface area contributed by atoms with Crippen LogP contribution in [0, 0.1) is 5.92 Å². The molecule has 0 radical (unpaired) electrons. The third-order valence-electron chi connectivity index (χ3n) is 3.12. The molecule has 1 aliphatic rings. The number of likely N-dealkylation sites (N-methyl/N-ethyl adjacent to an activating group) is 1. The maximum Gasteiger partial charge on any atom is 0.323 e. The number of anilines is 1. The van der Waals surface area contributed by atoms with Gasteiger partial charge in [-0.1, -0.05) is 0 Å². The molecule has 7 heteroatoms. The van der Waals surface area contributed by atoms with E-state index in [-0.39, 0.29) is 19.0 Å². The number of aliphatic carboxylic acids is 1. The van der Waals surface area contributed by atoms with Crippen molar-refractivity contribution in [2.24, 2.45) is 5.92 Å². The lowest BCUT2D eigenvalue weighted by Gasteiger charge is -2.24. The van der Waals surface area contributed by atoms with E-state index in [4.69, 9.17) is 5.11 Å². The highest BCUT2D eigenvalue weighted by Gasteiger charge is 2.28. The minimum absolute atomic E-state index is 0.0734. The van der Waals surface area contributed by atoms with Gasteiger partial charge in [-0.15, -0.1) is 0 Å². The molecular formula is C13H18N4O3. The van der Waals surface area contributed by atoms with E-state index in [0.717, 1.165) is 12.8 Å². The first kappa shape index (κ1) is 14.2. The van der Waals surface area contributed by atoms with Crippen LogP contribution in [-0.2, 0) is 9.59 Å². The highest BCUT2D eigenvalue weighted by Crippen LogP contribution is 2.29. The lowest BCUT2D eigenvalue weighted by molar-refractivity contribution is -0.144. The second kappa shape index (κ2) is 6.31. The zero-order chi connectivity index (χ0) is 14.5. The highest BCUT2D eigenvalue weighted by molar-refractivity contribution is 5.84. The molecule has 1 aromatic heterocycles. The third kappa shape index (κ3) is 4.18. The van der Waals surface area contributed by atoms with Crippen LogP contribution in [0.4, 0.5) is 5.95 Å². The van der Waals surface area contributed by atoms with Gasteiger partial charge in [-0.2, -0.15) is 0 Å². The first-order valence-corrected chi connectivity index (χ1v) is 6.54. The molecule has 20 heavy (non-hydrogen) atoms. The Balaban J connectivity index is 1.94. The van der Waals surface area contributed by atoms with Gasteiger partial charge < -0.3 is 14.9 Å². The minimum atomic E-state index is -0.988. The average molecular weight is 278 g/mol. The van der Waals surface area contributed by atoms with Crippen molar-refractivity contribution < 1.29 is 14.7 Å². The standard InChI is InChI=1S/C13H18N4O3/c1-16(13-14-5-2-6-15-13)8-11(18)17(9-12(19)20)7-10-3-4-10/h2,5-6,10H,3-4,7-9H2,1H3,(H,19,20). The molecule has 1 saturated carbocycles. The second-order valence-corrected chi connectivity index (χ2v) is 5.02. The molecule has 1 fully saturated rings. The molecule has 0 unspecified atom stereocenters. The van der Waals surface area contributed by atoms with E-state index < -0.39 is 5.97 Å². The zero-order valence-corrected chi connectivity index (χ0v) is 11.4. The SMILES string of the molecule is CN(CC(=O)N(CC(=O)O)CC1CC1)c1ncccn1. The molecule has 0 aromatic carbocycles. The fourth-order valence-corrected chi connectivity index (χ4v) is 1.89. The molecule has 1 aromatic rings. The Bertz CT molecular complexity index is 476. The summed E-state index contributed by atoms with van der Waals surface area (Å²) >= 11 is 0. The van der Waals surface area contributed by atoms with Crippen LogP contribution in [0.3, 0.4) is 0 Å². The van der Waals surface area contributed by atoms with E-state index in [1.165, 1.54) is 4.90 Å². The number of carboxylic acids is 1. The van der Waals surface area contributed by atoms with Crippen LogP contribution in [0.15, 0.2) is 18.5 Å². The van der Waals surface area contributed by atoms with Crippen LogP contribution in [0.5, 0.6) is 0 Å². The van der Waals surface area contributed by atoms with Crippen molar-refractivity contribution in [3.05, 3.63) is 18.5 Å². The minimum Gasteiger partial charge on any atom is -0.480 e. The maximum atomic E-state index is 12.2. The van der Waals surface area contributed by atoms with Crippen molar-refractivity contribution in [3.63, 3.8) is 0 Å². The van der Waals surface area contributed by atoms with Gasteiger partial charge in [0, 0.05) is 26.0 Å². The Labute approximate surface area is 117 Å². The van der Waals surface area contributed by atoms with Crippen LogP contribution >= 0.6 is 0 Å². The van der Waals surface area contributed by atoms with Crippen molar-refractivity contribution >= 4 is 17.8 Å². The van der Waals surface area contributed by atoms with Gasteiger partial charge in [0.1, 0.15) is 6.54 Å². The molecule has 1 amide bonds. The fraction of sp³-hybridized carbons (Fsp3) is 0.538. The third-order valence-corrected chi connectivity index (χ3v) is 3.12. The molecule has 0 spiro atoms. The van der Waals surface area contributed by atoms with Crippen molar-refractivity contribution in [2.75, 3.05) is 31.6 Å². The van der Waals surface area contributed by atoms with E-state index in [0.29, 0.717) is 18.4 Å². The molecule has 7 nitrogen and oxygen atoms in total. The molecule has 0 aliphatic heterocycles. The van der Waals surface area contributed by atoms with E-state index in [1.807, 2.05) is 0 Å². The maximum absolute atomic E-state index is 12.2. The molecule has 1 N–H and O–H groups in total. The molecular weight excluding hydrogens is 260 g/mol. The number of amides is 1. The number of carbonyl (C=O) groups is 2. The van der Waals surface area contributed by atoms with Crippen LogP contribution in [0.25, 0.3) is 0 Å². The quantitative estimate of drug-likeness (QED) is 0.768. The number of hydrogen-bond acceptors (Lipinski definition) is 5. The van der Waals surface area contributed by atoms with Gasteiger partial charge in [0.2, 0.25) is 11.9 Å². The summed E-state index contributed by atoms with van der Waals surface area (Å²) in [7, 11) is 1.71. The van der Waals surface area contributed by atoms with E-state index >= 15 is 0 Å². The summed E-state index contributed by atoms with van der Waals surface area (Å²) in [6, 6.07) is 1.70. The topological polar surface area (TPSA) is 86.6 Å². The summed E-state index contributed by atoms with van der Waals surface area (Å²) < 4.78 is 0. The predicted molar refractivity (Wildman–Crippen MR) is 72.2 cm³/mol. The number of carboxylic acid groups (broad SMARTS) is 1. The van der Waals surface area contributed by atoms with Crippen molar-refractivity contribution in [1.82, 2.24) is 14.9 Å². The Morgan fingerprint density at radius 1 is 1.30 bits per heavy atom. The number of rotatable bonds is 7. The van der Waals surface area contributed by atoms with Crippen molar-refractivity contribution in [2.45, 2.75) is 12.8 Å². The zero-order valence-electron chi connectivity index (χ0n) is 11.4. The number of carbonyl (C=O) groups excluding carboxylic acids is 1. The lowest BCUT2D eigenvalue weighted by Crippen LogP contribution is -2.43. The smallest absolute Gasteiger partial charge is 0.323 e. The van der Waals surface area contributed by atoms with Gasteiger partial charge in [-0.25, -0.2) is 9.97 Å². The van der Waals surface area contributed by atoms with Gasteiger partial charge in [0.05, 0.1) is 6.54 Å². The number of aromatic nitrogens is 2. The second-order valence-electron chi connectivity index (χ2n) is 5.02. The molecule has 0 bridgehead atoms. The molecule has 1 heterocycles. The summed E-state index contributed by atoms with van der Waals surface area (Å²) in [6.07, 6.45) is 5.34. The lowest BCUT2D eigenvalue weighted by atomic mass is 10.3. The molecule has 0 atom stereocenters. The van der Waals surface area contributed by atoms with Gasteiger partial charge in [0.25, 0.3) is 0 Å². The summed E-state index contributed by atoms with van der Waals surface area (Å²) in [4.78, 5) is 34.2. The first-order valence-electron chi connectivity index (χ1n) is 6.54. The summed E-state index contributed by atoms with van der Waals surface area (Å²) in [6.45, 7) is 0.345. The van der Waals surface area contributed by atoms with Gasteiger partial charge >= 0.3 is 5.97 Å². The Morgan fingerprint density at radius 2 is 1.95 bits per heavy atom. The Kier molecular flexibility index (Phi) is 4.49. The number of nitrogens with zero attached hydrogens (tertiary/aromatic N) is 4. The first-order chi connectivity index (χ1) is 9.56. The van der Waals surface area contributed by atoms with Crippen LogP contribution in [0.1, 0.15) is 12.8 Å². The molecule has 2 rings (SSSR count). The van der Waals surface area contributed by atoms with Gasteiger partial charge in [-0.3, -0.25) is 9.59 Å². The van der Waals surface area contributed by atoms with Crippen molar-refractivity contribution in [3.8, 4) is 0 Å². The normalized spacial score (nSPS) is 13.8. The van der Waals surface area contributed by atoms with Crippen molar-refractivity contribution in [1.29, 1.82) is 0 Å². The van der Waals surface area contributed by atoms with Crippen LogP contribution < -0.4 is 4.90 Å². The summed E-state index contributed by atoms with van der Waals surface area (Å²) in [5.74, 6) is -0.300. The molecule has 108 valence electrons. The predicted octanol–water partition coefficient (Wildman–Crippen LogP) is 0.236. The van der Waals surface area contributed by atoms with E-state index in [2.05, 4.69) is 9.97 Å². The van der Waals surface area contributed by atoms with Gasteiger partial charge in [0.15, 0.2) is 0 Å². The average Bonchev–Trinajstić information content (AvgIpc) is 3.22. The summed E-state index contributed by atoms with van der Waals surface area (Å²) in [5, 5.41) is 8.89.